The summed E-state index contributed by atoms with van der Waals surface area (Å²) in [5.41, 5.74) is 1.64. The van der Waals surface area contributed by atoms with Crippen molar-refractivity contribution < 1.29 is 13.2 Å². The second-order valence-corrected chi connectivity index (χ2v) is 8.37. The summed E-state index contributed by atoms with van der Waals surface area (Å²) < 4.78 is 26.9. The molecule has 2 rings (SSSR count). The normalized spacial score (nSPS) is 11.5. The van der Waals surface area contributed by atoms with E-state index in [2.05, 4.69) is 16.6 Å². The van der Waals surface area contributed by atoms with Gasteiger partial charge in [0.15, 0.2) is 0 Å². The van der Waals surface area contributed by atoms with Crippen molar-refractivity contribution in [2.75, 3.05) is 0 Å². The number of sulfonamides is 1. The average Bonchev–Trinajstić information content (AvgIpc) is 2.89. The Balaban J connectivity index is 2.17. The molecule has 1 N–H and O–H groups in total. The number of aryl methyl sites for hydroxylation is 3. The van der Waals surface area contributed by atoms with Gasteiger partial charge in [0.05, 0.1) is 15.6 Å². The van der Waals surface area contributed by atoms with Gasteiger partial charge in [-0.3, -0.25) is 4.79 Å². The van der Waals surface area contributed by atoms with Crippen molar-refractivity contribution >= 4 is 27.3 Å². The molecule has 0 saturated heterocycles. The Morgan fingerprint density at radius 1 is 1.12 bits per heavy atom. The lowest BCUT2D eigenvalue weighted by atomic mass is 10.1. The highest BCUT2D eigenvalue weighted by Gasteiger charge is 2.22. The van der Waals surface area contributed by atoms with Crippen LogP contribution in [0.25, 0.3) is 0 Å². The number of aromatic nitrogens is 1. The van der Waals surface area contributed by atoms with E-state index in [4.69, 9.17) is 0 Å². The third-order valence-electron chi connectivity index (χ3n) is 3.51. The molecule has 2 aromatic rings. The summed E-state index contributed by atoms with van der Waals surface area (Å²) in [5, 5.41) is 0.849. The molecule has 0 bridgehead atoms. The van der Waals surface area contributed by atoms with E-state index in [1.165, 1.54) is 23.5 Å². The SMILES string of the molecule is CCCc1ccc(S(=O)(=O)NC(=O)c2sc(CCC)nc2C)cc1. The Morgan fingerprint density at radius 2 is 1.75 bits per heavy atom. The number of nitrogens with one attached hydrogen (secondary N) is 1. The number of benzene rings is 1. The van der Waals surface area contributed by atoms with Gasteiger partial charge in [-0.25, -0.2) is 18.1 Å². The van der Waals surface area contributed by atoms with E-state index in [-0.39, 0.29) is 4.90 Å². The Morgan fingerprint density at radius 3 is 2.33 bits per heavy atom. The molecular formula is C17H22N2O3S2. The van der Waals surface area contributed by atoms with Gasteiger partial charge in [-0.15, -0.1) is 11.3 Å². The van der Waals surface area contributed by atoms with Gasteiger partial charge < -0.3 is 0 Å². The molecule has 0 saturated carbocycles. The smallest absolute Gasteiger partial charge is 0.267 e. The summed E-state index contributed by atoms with van der Waals surface area (Å²) in [6, 6.07) is 6.62. The fourth-order valence-electron chi connectivity index (χ4n) is 2.34. The van der Waals surface area contributed by atoms with E-state index >= 15 is 0 Å². The van der Waals surface area contributed by atoms with Crippen molar-refractivity contribution in [2.24, 2.45) is 0 Å². The molecule has 1 aromatic carbocycles. The van der Waals surface area contributed by atoms with Crippen LogP contribution in [0.5, 0.6) is 0 Å². The molecule has 7 heteroatoms. The first kappa shape index (κ1) is 18.6. The van der Waals surface area contributed by atoms with Crippen molar-refractivity contribution in [3.8, 4) is 0 Å². The number of carbonyl (C=O) groups excluding carboxylic acids is 1. The van der Waals surface area contributed by atoms with Crippen LogP contribution >= 0.6 is 11.3 Å². The molecule has 1 aromatic heterocycles. The molecule has 0 atom stereocenters. The number of hydrogen-bond acceptors (Lipinski definition) is 5. The molecule has 0 aliphatic carbocycles. The summed E-state index contributed by atoms with van der Waals surface area (Å²) >= 11 is 1.25. The molecule has 1 amide bonds. The van der Waals surface area contributed by atoms with Crippen LogP contribution in [0.4, 0.5) is 0 Å². The molecule has 1 heterocycles. The zero-order valence-electron chi connectivity index (χ0n) is 14.1. The van der Waals surface area contributed by atoms with Gasteiger partial charge in [-0.2, -0.15) is 0 Å². The highest BCUT2D eigenvalue weighted by molar-refractivity contribution is 7.90. The molecule has 0 aliphatic heterocycles. The lowest BCUT2D eigenvalue weighted by Gasteiger charge is -2.07. The molecule has 5 nitrogen and oxygen atoms in total. The molecule has 0 spiro atoms. The van der Waals surface area contributed by atoms with E-state index in [1.54, 1.807) is 19.1 Å². The summed E-state index contributed by atoms with van der Waals surface area (Å²) in [5.74, 6) is -0.620. The van der Waals surface area contributed by atoms with E-state index < -0.39 is 15.9 Å². The minimum absolute atomic E-state index is 0.0895. The van der Waals surface area contributed by atoms with Crippen molar-refractivity contribution in [3.63, 3.8) is 0 Å². The van der Waals surface area contributed by atoms with Crippen molar-refractivity contribution in [1.82, 2.24) is 9.71 Å². The molecule has 0 unspecified atom stereocenters. The van der Waals surface area contributed by atoms with Gasteiger partial charge in [0.2, 0.25) is 0 Å². The second kappa shape index (κ2) is 7.90. The molecular weight excluding hydrogens is 344 g/mol. The van der Waals surface area contributed by atoms with Crippen molar-refractivity contribution in [1.29, 1.82) is 0 Å². The highest BCUT2D eigenvalue weighted by atomic mass is 32.2. The van der Waals surface area contributed by atoms with Crippen LogP contribution in [0.15, 0.2) is 29.2 Å². The van der Waals surface area contributed by atoms with Crippen molar-refractivity contribution in [2.45, 2.75) is 51.3 Å². The van der Waals surface area contributed by atoms with Crippen LogP contribution in [0.1, 0.15) is 52.6 Å². The number of carbonyl (C=O) groups is 1. The third kappa shape index (κ3) is 4.42. The number of hydrogen-bond donors (Lipinski definition) is 1. The molecule has 0 fully saturated rings. The van der Waals surface area contributed by atoms with E-state index in [0.29, 0.717) is 10.6 Å². The first-order valence-electron chi connectivity index (χ1n) is 7.99. The Bertz CT molecular complexity index is 809. The van der Waals surface area contributed by atoms with Crippen LogP contribution in [0, 0.1) is 6.92 Å². The van der Waals surface area contributed by atoms with E-state index in [9.17, 15) is 13.2 Å². The van der Waals surface area contributed by atoms with Gasteiger partial charge in [0.1, 0.15) is 4.88 Å². The topological polar surface area (TPSA) is 76.1 Å². The van der Waals surface area contributed by atoms with Gasteiger partial charge in [0.25, 0.3) is 15.9 Å². The zero-order valence-corrected chi connectivity index (χ0v) is 15.8. The van der Waals surface area contributed by atoms with Crippen LogP contribution in [0.3, 0.4) is 0 Å². The molecule has 130 valence electrons. The van der Waals surface area contributed by atoms with E-state index in [1.807, 2.05) is 6.92 Å². The highest BCUT2D eigenvalue weighted by Crippen LogP contribution is 2.20. The summed E-state index contributed by atoms with van der Waals surface area (Å²) in [4.78, 5) is 17.1. The second-order valence-electron chi connectivity index (χ2n) is 5.60. The van der Waals surface area contributed by atoms with Gasteiger partial charge in [0, 0.05) is 0 Å². The Kier molecular flexibility index (Phi) is 6.12. The lowest BCUT2D eigenvalue weighted by molar-refractivity contribution is 0.0984. The van der Waals surface area contributed by atoms with Crippen LogP contribution in [-0.4, -0.2) is 19.3 Å². The largest absolute Gasteiger partial charge is 0.276 e. The monoisotopic (exact) mass is 366 g/mol. The van der Waals surface area contributed by atoms with E-state index in [0.717, 1.165) is 36.3 Å². The summed E-state index contributed by atoms with van der Waals surface area (Å²) in [7, 11) is -3.88. The number of nitrogens with zero attached hydrogens (tertiary/aromatic N) is 1. The number of rotatable bonds is 7. The average molecular weight is 367 g/mol. The maximum atomic E-state index is 12.4. The maximum Gasteiger partial charge on any atom is 0.276 e. The molecule has 24 heavy (non-hydrogen) atoms. The standard InChI is InChI=1S/C17H22N2O3S2/c1-4-6-13-8-10-14(11-9-13)24(21,22)19-17(20)16-12(3)18-15(23-16)7-5-2/h8-11H,4-7H2,1-3H3,(H,19,20). The minimum atomic E-state index is -3.88. The van der Waals surface area contributed by atoms with Gasteiger partial charge in [-0.05, 0) is 43.9 Å². The number of amides is 1. The third-order valence-corrected chi connectivity index (χ3v) is 6.07. The van der Waals surface area contributed by atoms with Gasteiger partial charge >= 0.3 is 0 Å². The van der Waals surface area contributed by atoms with Gasteiger partial charge in [-0.1, -0.05) is 32.4 Å². The lowest BCUT2D eigenvalue weighted by Crippen LogP contribution is -2.30. The minimum Gasteiger partial charge on any atom is -0.267 e. The van der Waals surface area contributed by atoms with Crippen molar-refractivity contribution in [3.05, 3.63) is 45.4 Å². The maximum absolute atomic E-state index is 12.4. The zero-order chi connectivity index (χ0) is 17.7. The van der Waals surface area contributed by atoms with Crippen LogP contribution < -0.4 is 4.72 Å². The number of thiazole rings is 1. The predicted octanol–water partition coefficient (Wildman–Crippen LogP) is 3.48. The first-order valence-corrected chi connectivity index (χ1v) is 10.3. The Hall–Kier alpha value is -1.73. The Labute approximate surface area is 147 Å². The van der Waals surface area contributed by atoms with Crippen LogP contribution in [-0.2, 0) is 22.9 Å². The van der Waals surface area contributed by atoms with Crippen LogP contribution in [0.2, 0.25) is 0 Å². The fourth-order valence-corrected chi connectivity index (χ4v) is 4.42. The fraction of sp³-hybridized carbons (Fsp3) is 0.412. The predicted molar refractivity (Wildman–Crippen MR) is 95.9 cm³/mol. The summed E-state index contributed by atoms with van der Waals surface area (Å²) in [6.07, 6.45) is 3.60. The first-order chi connectivity index (χ1) is 11.4. The quantitative estimate of drug-likeness (QED) is 0.814. The molecule has 0 aliphatic rings. The summed E-state index contributed by atoms with van der Waals surface area (Å²) in [6.45, 7) is 5.81. The molecule has 0 radical (unpaired) electrons.